The van der Waals surface area contributed by atoms with E-state index in [1.165, 1.54) is 13.3 Å². The van der Waals surface area contributed by atoms with Crippen molar-refractivity contribution in [1.82, 2.24) is 4.98 Å². The molecule has 1 heterocycles. The van der Waals surface area contributed by atoms with E-state index in [0.717, 1.165) is 6.07 Å². The summed E-state index contributed by atoms with van der Waals surface area (Å²) in [5, 5.41) is 8.42. The molecule has 66 valence electrons. The Morgan fingerprint density at radius 2 is 2.38 bits per heavy atom. The predicted octanol–water partition coefficient (Wildman–Crippen LogP) is 0.0332. The number of aromatic nitrogens is 1. The summed E-state index contributed by atoms with van der Waals surface area (Å²) >= 11 is 0. The Balaban J connectivity index is 3.20. The Hall–Kier alpha value is -2.09. The smallest absolute Gasteiger partial charge is 0.354 e. The van der Waals surface area contributed by atoms with Crippen LogP contribution >= 0.6 is 0 Å². The third-order valence-electron chi connectivity index (χ3n) is 1.44. The van der Waals surface area contributed by atoms with Crippen LogP contribution in [-0.2, 0) is 4.74 Å². The van der Waals surface area contributed by atoms with Crippen molar-refractivity contribution in [1.29, 1.82) is 5.26 Å². The van der Waals surface area contributed by atoms with Gasteiger partial charge < -0.3 is 9.72 Å². The zero-order valence-corrected chi connectivity index (χ0v) is 6.83. The van der Waals surface area contributed by atoms with Crippen LogP contribution in [0.2, 0.25) is 0 Å². The highest BCUT2D eigenvalue weighted by Gasteiger charge is 2.07. The van der Waals surface area contributed by atoms with Crippen LogP contribution in [0.1, 0.15) is 16.1 Å². The third kappa shape index (κ3) is 1.73. The van der Waals surface area contributed by atoms with Crippen LogP contribution in [0, 0.1) is 11.3 Å². The van der Waals surface area contributed by atoms with E-state index in [1.54, 1.807) is 6.07 Å². The standard InChI is InChI=1S/C8H6N2O3/c1-13-8(12)6-2-7(11)5(3-9)4-10-6/h2,4H,1H3,(H,10,11). The molecule has 0 unspecified atom stereocenters. The Morgan fingerprint density at radius 3 is 2.85 bits per heavy atom. The summed E-state index contributed by atoms with van der Waals surface area (Å²) in [7, 11) is 1.21. The summed E-state index contributed by atoms with van der Waals surface area (Å²) in [6.07, 6.45) is 1.18. The zero-order valence-electron chi connectivity index (χ0n) is 6.83. The van der Waals surface area contributed by atoms with E-state index >= 15 is 0 Å². The van der Waals surface area contributed by atoms with Crippen molar-refractivity contribution in [2.24, 2.45) is 0 Å². The number of aromatic amines is 1. The van der Waals surface area contributed by atoms with Gasteiger partial charge in [0.1, 0.15) is 17.3 Å². The maximum absolute atomic E-state index is 11.0. The average Bonchev–Trinajstić information content (AvgIpc) is 2.16. The number of nitrogens with one attached hydrogen (secondary N) is 1. The number of carbonyl (C=O) groups is 1. The minimum atomic E-state index is -0.637. The molecule has 0 aliphatic heterocycles. The van der Waals surface area contributed by atoms with Crippen LogP contribution in [0.4, 0.5) is 0 Å². The van der Waals surface area contributed by atoms with Crippen molar-refractivity contribution in [3.8, 4) is 6.07 Å². The van der Waals surface area contributed by atoms with Gasteiger partial charge in [-0.1, -0.05) is 0 Å². The largest absolute Gasteiger partial charge is 0.464 e. The molecule has 0 aliphatic rings. The quantitative estimate of drug-likeness (QED) is 0.615. The maximum Gasteiger partial charge on any atom is 0.354 e. The van der Waals surface area contributed by atoms with E-state index in [9.17, 15) is 9.59 Å². The molecule has 13 heavy (non-hydrogen) atoms. The number of nitriles is 1. The summed E-state index contributed by atoms with van der Waals surface area (Å²) in [6.45, 7) is 0. The van der Waals surface area contributed by atoms with Gasteiger partial charge in [0.05, 0.1) is 7.11 Å². The van der Waals surface area contributed by atoms with Crippen molar-refractivity contribution < 1.29 is 9.53 Å². The van der Waals surface area contributed by atoms with Gasteiger partial charge in [0.15, 0.2) is 5.43 Å². The van der Waals surface area contributed by atoms with Gasteiger partial charge in [-0.2, -0.15) is 5.26 Å². The van der Waals surface area contributed by atoms with E-state index in [2.05, 4.69) is 9.72 Å². The number of ether oxygens (including phenoxy) is 1. The lowest BCUT2D eigenvalue weighted by atomic mass is 10.2. The molecule has 0 radical (unpaired) electrons. The van der Waals surface area contributed by atoms with Gasteiger partial charge in [0.2, 0.25) is 0 Å². The first-order valence-corrected chi connectivity index (χ1v) is 3.40. The van der Waals surface area contributed by atoms with Crippen LogP contribution in [-0.4, -0.2) is 18.1 Å². The number of rotatable bonds is 1. The molecule has 0 aliphatic carbocycles. The molecule has 0 saturated heterocycles. The fourth-order valence-electron chi connectivity index (χ4n) is 0.787. The molecule has 0 amide bonds. The minimum Gasteiger partial charge on any atom is -0.464 e. The van der Waals surface area contributed by atoms with Crippen LogP contribution < -0.4 is 5.43 Å². The Kier molecular flexibility index (Phi) is 2.45. The van der Waals surface area contributed by atoms with E-state index in [1.807, 2.05) is 0 Å². The Bertz CT molecular complexity index is 428. The van der Waals surface area contributed by atoms with Crippen LogP contribution in [0.3, 0.4) is 0 Å². The predicted molar refractivity (Wildman–Crippen MR) is 43.1 cm³/mol. The lowest BCUT2D eigenvalue weighted by Crippen LogP contribution is -2.12. The van der Waals surface area contributed by atoms with Gasteiger partial charge in [0.25, 0.3) is 0 Å². The fourth-order valence-corrected chi connectivity index (χ4v) is 0.787. The molecule has 0 spiro atoms. The first kappa shape index (κ1) is 9.00. The van der Waals surface area contributed by atoms with Crippen molar-refractivity contribution in [2.75, 3.05) is 7.11 Å². The van der Waals surface area contributed by atoms with Crippen LogP contribution in [0.5, 0.6) is 0 Å². The van der Waals surface area contributed by atoms with Crippen molar-refractivity contribution >= 4 is 5.97 Å². The maximum atomic E-state index is 11.0. The first-order chi connectivity index (χ1) is 6.19. The summed E-state index contributed by atoms with van der Waals surface area (Å²) in [6, 6.07) is 2.72. The van der Waals surface area contributed by atoms with E-state index < -0.39 is 11.4 Å². The summed E-state index contributed by atoms with van der Waals surface area (Å²) in [4.78, 5) is 24.4. The van der Waals surface area contributed by atoms with Gasteiger partial charge in [0, 0.05) is 12.3 Å². The monoisotopic (exact) mass is 178 g/mol. The molecule has 0 saturated carbocycles. The van der Waals surface area contributed by atoms with E-state index in [4.69, 9.17) is 5.26 Å². The molecular formula is C8H6N2O3. The topological polar surface area (TPSA) is 82.9 Å². The molecule has 5 nitrogen and oxygen atoms in total. The average molecular weight is 178 g/mol. The van der Waals surface area contributed by atoms with Gasteiger partial charge >= 0.3 is 5.97 Å². The second kappa shape index (κ2) is 3.54. The van der Waals surface area contributed by atoms with Crippen molar-refractivity contribution in [3.63, 3.8) is 0 Å². The highest BCUT2D eigenvalue weighted by Crippen LogP contribution is 1.94. The van der Waals surface area contributed by atoms with Gasteiger partial charge in [-0.25, -0.2) is 4.79 Å². The number of hydrogen-bond acceptors (Lipinski definition) is 4. The molecule has 0 aromatic carbocycles. The fraction of sp³-hybridized carbons (Fsp3) is 0.125. The minimum absolute atomic E-state index is 0.0338. The Labute approximate surface area is 73.6 Å². The molecular weight excluding hydrogens is 172 g/mol. The molecule has 0 fully saturated rings. The van der Waals surface area contributed by atoms with Crippen molar-refractivity contribution in [2.45, 2.75) is 0 Å². The molecule has 1 aromatic heterocycles. The summed E-state index contributed by atoms with van der Waals surface area (Å²) in [5.74, 6) is -0.637. The molecule has 0 atom stereocenters. The number of hydrogen-bond donors (Lipinski definition) is 1. The van der Waals surface area contributed by atoms with E-state index in [0.29, 0.717) is 0 Å². The van der Waals surface area contributed by atoms with Gasteiger partial charge in [-0.3, -0.25) is 4.79 Å². The number of H-pyrrole nitrogens is 1. The van der Waals surface area contributed by atoms with Gasteiger partial charge in [-0.15, -0.1) is 0 Å². The number of nitrogens with zero attached hydrogens (tertiary/aromatic N) is 1. The molecule has 1 rings (SSSR count). The van der Waals surface area contributed by atoms with Crippen LogP contribution in [0.25, 0.3) is 0 Å². The number of esters is 1. The highest BCUT2D eigenvalue weighted by molar-refractivity contribution is 5.87. The molecule has 5 heteroatoms. The van der Waals surface area contributed by atoms with Crippen molar-refractivity contribution in [3.05, 3.63) is 33.7 Å². The lowest BCUT2D eigenvalue weighted by Gasteiger charge is -1.97. The second-order valence-corrected chi connectivity index (χ2v) is 2.23. The zero-order chi connectivity index (χ0) is 9.84. The van der Waals surface area contributed by atoms with Crippen LogP contribution in [0.15, 0.2) is 17.1 Å². The number of pyridine rings is 1. The Morgan fingerprint density at radius 1 is 1.69 bits per heavy atom. The van der Waals surface area contributed by atoms with E-state index in [-0.39, 0.29) is 11.3 Å². The number of methoxy groups -OCH3 is 1. The lowest BCUT2D eigenvalue weighted by molar-refractivity contribution is 0.0594. The third-order valence-corrected chi connectivity index (χ3v) is 1.44. The summed E-state index contributed by atoms with van der Waals surface area (Å²) in [5.41, 5.74) is -0.499. The SMILES string of the molecule is COC(=O)c1cc(=O)c(C#N)c[nH]1. The normalized spacial score (nSPS) is 8.92. The molecule has 0 bridgehead atoms. The first-order valence-electron chi connectivity index (χ1n) is 3.40. The highest BCUT2D eigenvalue weighted by atomic mass is 16.5. The number of carbonyl (C=O) groups excluding carboxylic acids is 1. The second-order valence-electron chi connectivity index (χ2n) is 2.23. The molecule has 1 aromatic rings. The van der Waals surface area contributed by atoms with Gasteiger partial charge in [-0.05, 0) is 0 Å². The summed E-state index contributed by atoms with van der Waals surface area (Å²) < 4.78 is 4.37. The molecule has 1 N–H and O–H groups in total.